The molecule has 0 N–H and O–H groups in total. The molecule has 10 rings (SSSR count). The van der Waals surface area contributed by atoms with Gasteiger partial charge < -0.3 is 4.57 Å². The summed E-state index contributed by atoms with van der Waals surface area (Å²) in [6.07, 6.45) is 3.66. The van der Waals surface area contributed by atoms with Crippen molar-refractivity contribution in [2.45, 2.75) is 0 Å². The zero-order chi connectivity index (χ0) is 25.9. The molecule has 0 bridgehead atoms. The highest BCUT2D eigenvalue weighted by atomic mass is 32.1. The van der Waals surface area contributed by atoms with E-state index >= 15 is 0 Å². The van der Waals surface area contributed by atoms with Crippen LogP contribution in [0.25, 0.3) is 88.1 Å². The molecule has 186 valence electrons. The minimum absolute atomic E-state index is 1.03. The lowest BCUT2D eigenvalue weighted by atomic mass is 10.0. The Morgan fingerprint density at radius 3 is 2.10 bits per heavy atom. The Hall–Kier alpha value is -4.36. The highest BCUT2D eigenvalue weighted by Gasteiger charge is 2.25. The molecule has 0 saturated carbocycles. The summed E-state index contributed by atoms with van der Waals surface area (Å²) < 4.78 is 10.2. The van der Waals surface area contributed by atoms with Gasteiger partial charge >= 0.3 is 0 Å². The maximum atomic E-state index is 4.88. The molecular weight excluding hydrogens is 547 g/mol. The average molecular weight is 564 g/mol. The highest BCUT2D eigenvalue weighted by molar-refractivity contribution is 7.30. The number of benzene rings is 5. The summed E-state index contributed by atoms with van der Waals surface area (Å²) in [5, 5.41) is 9.10. The Morgan fingerprint density at radius 2 is 1.20 bits per heavy atom. The Bertz CT molecular complexity index is 2640. The fourth-order valence-electron chi connectivity index (χ4n) is 6.56. The fraction of sp³-hybridized carbons (Fsp3) is 0. The number of thiophene rings is 3. The van der Waals surface area contributed by atoms with Crippen LogP contribution in [0.15, 0.2) is 104 Å². The molecule has 5 aromatic carbocycles. The predicted octanol–water partition coefficient (Wildman–Crippen LogP) is 10.7. The van der Waals surface area contributed by atoms with Gasteiger partial charge in [0.2, 0.25) is 0 Å². The number of hydrogen-bond acceptors (Lipinski definition) is 5. The minimum Gasteiger partial charge on any atom is -0.307 e. The zero-order valence-corrected chi connectivity index (χ0v) is 23.3. The summed E-state index contributed by atoms with van der Waals surface area (Å²) in [5.74, 6) is 0. The van der Waals surface area contributed by atoms with Gasteiger partial charge in [0.15, 0.2) is 0 Å². The number of fused-ring (bicyclic) bond motifs is 15. The monoisotopic (exact) mass is 563 g/mol. The van der Waals surface area contributed by atoms with Gasteiger partial charge in [-0.2, -0.15) is 0 Å². The van der Waals surface area contributed by atoms with Gasteiger partial charge in [0.25, 0.3) is 0 Å². The largest absolute Gasteiger partial charge is 0.307 e. The first-order valence-corrected chi connectivity index (χ1v) is 15.6. The smallest absolute Gasteiger partial charge is 0.116 e. The molecule has 0 aliphatic carbocycles. The Kier molecular flexibility index (Phi) is 4.10. The second-order valence-electron chi connectivity index (χ2n) is 10.2. The van der Waals surface area contributed by atoms with Crippen molar-refractivity contribution in [3.05, 3.63) is 104 Å². The number of aromatic nitrogens is 3. The predicted molar refractivity (Wildman–Crippen MR) is 175 cm³/mol. The van der Waals surface area contributed by atoms with E-state index in [1.54, 1.807) is 6.33 Å². The number of rotatable bonds is 1. The molecule has 5 heterocycles. The van der Waals surface area contributed by atoms with Crippen molar-refractivity contribution in [1.29, 1.82) is 0 Å². The van der Waals surface area contributed by atoms with E-state index in [-0.39, 0.29) is 0 Å². The van der Waals surface area contributed by atoms with Gasteiger partial charge in [0, 0.05) is 62.7 Å². The van der Waals surface area contributed by atoms with Gasteiger partial charge in [0.1, 0.15) is 6.33 Å². The first-order chi connectivity index (χ1) is 19.9. The third kappa shape index (κ3) is 2.59. The second kappa shape index (κ2) is 7.64. The summed E-state index contributed by atoms with van der Waals surface area (Å²) in [5.41, 5.74) is 4.72. The Morgan fingerprint density at radius 1 is 0.525 bits per heavy atom. The van der Waals surface area contributed by atoms with Gasteiger partial charge in [0.05, 0.1) is 31.6 Å². The van der Waals surface area contributed by atoms with Crippen molar-refractivity contribution in [3.8, 4) is 5.69 Å². The molecule has 5 aromatic heterocycles. The second-order valence-corrected chi connectivity index (χ2v) is 13.3. The molecule has 0 amide bonds. The van der Waals surface area contributed by atoms with E-state index in [9.17, 15) is 0 Å². The van der Waals surface area contributed by atoms with E-state index in [1.807, 2.05) is 40.2 Å². The zero-order valence-electron chi connectivity index (χ0n) is 20.9. The van der Waals surface area contributed by atoms with Crippen molar-refractivity contribution < 1.29 is 0 Å². The molecule has 6 heteroatoms. The molecule has 0 spiro atoms. The third-order valence-corrected chi connectivity index (χ3v) is 11.7. The van der Waals surface area contributed by atoms with Gasteiger partial charge in [-0.15, -0.1) is 34.0 Å². The van der Waals surface area contributed by atoms with E-state index in [2.05, 4.69) is 101 Å². The van der Waals surface area contributed by atoms with Crippen molar-refractivity contribution >= 4 is 116 Å². The minimum atomic E-state index is 1.03. The number of hydrogen-bond donors (Lipinski definition) is 0. The molecule has 10 aromatic rings. The molecule has 0 aliphatic heterocycles. The molecular formula is C34H17N3S3. The van der Waals surface area contributed by atoms with E-state index in [4.69, 9.17) is 4.98 Å². The van der Waals surface area contributed by atoms with Crippen LogP contribution in [0, 0.1) is 0 Å². The van der Waals surface area contributed by atoms with Crippen LogP contribution in [0.2, 0.25) is 0 Å². The van der Waals surface area contributed by atoms with Crippen LogP contribution in [-0.2, 0) is 0 Å². The standard InChI is InChI=1S/C34H17N3S3/c1-4-12-22-20(9-1)27-31(37(22)23-13-7-11-19-18-8-2-5-14-24(18)38-32(19)23)29-30-26(16-35-17-36-30)40-34(29)28-21-10-3-6-15-25(21)39-33(27)28/h1-17H. The topological polar surface area (TPSA) is 30.7 Å². The lowest BCUT2D eigenvalue weighted by molar-refractivity contribution is 1.21. The lowest BCUT2D eigenvalue weighted by Gasteiger charge is -2.11. The summed E-state index contributed by atoms with van der Waals surface area (Å²) in [4.78, 5) is 9.29. The molecule has 40 heavy (non-hydrogen) atoms. The normalized spacial score (nSPS) is 12.5. The SMILES string of the molecule is c1ccc2c(c1)sc1c(-n3c4ccccc4c4c5sc6ccccc6c5c5sc6cncnc6c5c43)cccc12. The van der Waals surface area contributed by atoms with Crippen molar-refractivity contribution in [1.82, 2.24) is 14.5 Å². The average Bonchev–Trinajstić information content (AvgIpc) is 3.75. The van der Waals surface area contributed by atoms with Gasteiger partial charge in [-0.1, -0.05) is 66.7 Å². The summed E-state index contributed by atoms with van der Waals surface area (Å²) in [7, 11) is 0. The number of para-hydroxylation sites is 1. The molecule has 0 saturated heterocycles. The first-order valence-electron chi connectivity index (χ1n) is 13.2. The highest BCUT2D eigenvalue weighted by Crippen LogP contribution is 2.52. The van der Waals surface area contributed by atoms with Crippen LogP contribution in [0.1, 0.15) is 0 Å². The van der Waals surface area contributed by atoms with E-state index in [1.165, 1.54) is 77.9 Å². The summed E-state index contributed by atoms with van der Waals surface area (Å²) in [6, 6.07) is 33.2. The third-order valence-electron chi connectivity index (χ3n) is 8.14. The van der Waals surface area contributed by atoms with Gasteiger partial charge in [-0.3, -0.25) is 0 Å². The van der Waals surface area contributed by atoms with Crippen LogP contribution in [0.3, 0.4) is 0 Å². The summed E-state index contributed by atoms with van der Waals surface area (Å²) in [6.45, 7) is 0. The van der Waals surface area contributed by atoms with Crippen LogP contribution in [-0.4, -0.2) is 14.5 Å². The Labute approximate surface area is 239 Å². The van der Waals surface area contributed by atoms with E-state index < -0.39 is 0 Å². The molecule has 0 fully saturated rings. The lowest BCUT2D eigenvalue weighted by Crippen LogP contribution is -1.94. The van der Waals surface area contributed by atoms with Gasteiger partial charge in [-0.25, -0.2) is 9.97 Å². The molecule has 3 nitrogen and oxygen atoms in total. The first kappa shape index (κ1) is 21.5. The van der Waals surface area contributed by atoms with Gasteiger partial charge in [-0.05, 0) is 24.3 Å². The van der Waals surface area contributed by atoms with Crippen LogP contribution in [0.5, 0.6) is 0 Å². The van der Waals surface area contributed by atoms with Crippen molar-refractivity contribution in [2.24, 2.45) is 0 Å². The van der Waals surface area contributed by atoms with E-state index in [0.717, 1.165) is 10.2 Å². The molecule has 0 aliphatic rings. The van der Waals surface area contributed by atoms with Crippen LogP contribution in [0.4, 0.5) is 0 Å². The Balaban J connectivity index is 1.55. The molecule has 0 radical (unpaired) electrons. The quantitative estimate of drug-likeness (QED) is 0.199. The molecule has 0 unspecified atom stereocenters. The summed E-state index contributed by atoms with van der Waals surface area (Å²) >= 11 is 5.61. The fourth-order valence-corrected chi connectivity index (χ4v) is 10.3. The maximum Gasteiger partial charge on any atom is 0.116 e. The van der Waals surface area contributed by atoms with Crippen LogP contribution >= 0.6 is 34.0 Å². The van der Waals surface area contributed by atoms with E-state index in [0.29, 0.717) is 0 Å². The molecule has 0 atom stereocenters. The van der Waals surface area contributed by atoms with Crippen molar-refractivity contribution in [2.75, 3.05) is 0 Å². The van der Waals surface area contributed by atoms with Crippen LogP contribution < -0.4 is 0 Å². The maximum absolute atomic E-state index is 4.88. The van der Waals surface area contributed by atoms with Crippen molar-refractivity contribution in [3.63, 3.8) is 0 Å². The number of nitrogens with zero attached hydrogens (tertiary/aromatic N) is 3.